The molecule has 2 amide bonds. The molecule has 2 heterocycles. The van der Waals surface area contributed by atoms with E-state index in [-0.39, 0.29) is 17.5 Å². The van der Waals surface area contributed by atoms with Gasteiger partial charge in [0.1, 0.15) is 11.9 Å². The summed E-state index contributed by atoms with van der Waals surface area (Å²) in [5.74, 6) is -0.194. The molecule has 1 fully saturated rings. The van der Waals surface area contributed by atoms with Crippen LogP contribution >= 0.6 is 0 Å². The number of furan rings is 1. The Morgan fingerprint density at radius 2 is 2.08 bits per heavy atom. The van der Waals surface area contributed by atoms with Gasteiger partial charge in [-0.15, -0.1) is 0 Å². The van der Waals surface area contributed by atoms with E-state index in [1.165, 1.54) is 18.4 Å². The number of benzene rings is 1. The van der Waals surface area contributed by atoms with Crippen LogP contribution in [0.25, 0.3) is 0 Å². The fourth-order valence-corrected chi connectivity index (χ4v) is 3.16. The Labute approximate surface area is 145 Å². The zero-order valence-corrected chi connectivity index (χ0v) is 14.1. The molecule has 0 radical (unpaired) electrons. The molecule has 1 aromatic carbocycles. The Morgan fingerprint density at radius 1 is 1.32 bits per heavy atom. The second-order valence-electron chi connectivity index (χ2n) is 6.44. The zero-order chi connectivity index (χ0) is 17.8. The van der Waals surface area contributed by atoms with E-state index in [1.54, 1.807) is 36.1 Å². The summed E-state index contributed by atoms with van der Waals surface area (Å²) in [5.41, 5.74) is 1.07. The van der Waals surface area contributed by atoms with E-state index in [1.807, 2.05) is 0 Å². The molecule has 1 aromatic heterocycles. The van der Waals surface area contributed by atoms with Crippen molar-refractivity contribution in [2.75, 3.05) is 13.1 Å². The quantitative estimate of drug-likeness (QED) is 0.907. The van der Waals surface area contributed by atoms with Crippen LogP contribution in [-0.4, -0.2) is 35.8 Å². The first kappa shape index (κ1) is 17.2. The molecular weight excluding hydrogens is 323 g/mol. The zero-order valence-electron chi connectivity index (χ0n) is 14.1. The van der Waals surface area contributed by atoms with Crippen LogP contribution in [0.2, 0.25) is 0 Å². The maximum atomic E-state index is 13.0. The predicted molar refractivity (Wildman–Crippen MR) is 90.4 cm³/mol. The number of halogens is 1. The highest BCUT2D eigenvalue weighted by Crippen LogP contribution is 2.21. The van der Waals surface area contributed by atoms with Crippen LogP contribution in [0.5, 0.6) is 0 Å². The average molecular weight is 344 g/mol. The Hall–Kier alpha value is -2.63. The van der Waals surface area contributed by atoms with Gasteiger partial charge in [-0.2, -0.15) is 0 Å². The van der Waals surface area contributed by atoms with Gasteiger partial charge < -0.3 is 14.6 Å². The minimum absolute atomic E-state index is 0.0958. The van der Waals surface area contributed by atoms with Crippen LogP contribution < -0.4 is 5.32 Å². The van der Waals surface area contributed by atoms with Gasteiger partial charge in [-0.3, -0.25) is 9.59 Å². The SMILES string of the molecule is CC(NC(=O)c1ccco1)C(=O)N1CCC(Cc2ccc(F)cc2)C1. The van der Waals surface area contributed by atoms with Crippen molar-refractivity contribution in [2.45, 2.75) is 25.8 Å². The number of hydrogen-bond acceptors (Lipinski definition) is 3. The number of nitrogens with one attached hydrogen (secondary N) is 1. The normalized spacial score (nSPS) is 18.2. The third-order valence-electron chi connectivity index (χ3n) is 4.50. The standard InChI is InChI=1S/C19H21FN2O3/c1-13(21-18(23)17-3-2-10-25-17)19(24)22-9-8-15(12-22)11-14-4-6-16(20)7-5-14/h2-7,10,13,15H,8-9,11-12H2,1H3,(H,21,23). The highest BCUT2D eigenvalue weighted by atomic mass is 19.1. The average Bonchev–Trinajstić information content (AvgIpc) is 3.28. The molecule has 0 aliphatic carbocycles. The van der Waals surface area contributed by atoms with Crippen molar-refractivity contribution >= 4 is 11.8 Å². The summed E-state index contributed by atoms with van der Waals surface area (Å²) >= 11 is 0. The van der Waals surface area contributed by atoms with E-state index < -0.39 is 11.9 Å². The Balaban J connectivity index is 1.51. The van der Waals surface area contributed by atoms with Crippen molar-refractivity contribution < 1.29 is 18.4 Å². The first-order valence-corrected chi connectivity index (χ1v) is 8.40. The first-order chi connectivity index (χ1) is 12.0. The summed E-state index contributed by atoms with van der Waals surface area (Å²) in [6.07, 6.45) is 3.14. The molecule has 1 N–H and O–H groups in total. The second kappa shape index (κ2) is 7.51. The minimum atomic E-state index is -0.609. The van der Waals surface area contributed by atoms with Crippen LogP contribution in [0.3, 0.4) is 0 Å². The Bertz CT molecular complexity index is 728. The molecule has 0 saturated carbocycles. The number of amides is 2. The molecule has 0 spiro atoms. The van der Waals surface area contributed by atoms with Gasteiger partial charge >= 0.3 is 0 Å². The Morgan fingerprint density at radius 3 is 2.76 bits per heavy atom. The first-order valence-electron chi connectivity index (χ1n) is 8.40. The minimum Gasteiger partial charge on any atom is -0.459 e. The van der Waals surface area contributed by atoms with Gasteiger partial charge in [0.2, 0.25) is 5.91 Å². The molecule has 1 aliphatic rings. The molecule has 6 heteroatoms. The summed E-state index contributed by atoms with van der Waals surface area (Å²) in [5, 5.41) is 2.66. The number of carbonyl (C=O) groups excluding carboxylic acids is 2. The van der Waals surface area contributed by atoms with Crippen molar-refractivity contribution in [3.05, 3.63) is 59.8 Å². The van der Waals surface area contributed by atoms with Crippen LogP contribution in [-0.2, 0) is 11.2 Å². The van der Waals surface area contributed by atoms with E-state index >= 15 is 0 Å². The number of carbonyl (C=O) groups is 2. The van der Waals surface area contributed by atoms with E-state index in [2.05, 4.69) is 5.32 Å². The molecule has 132 valence electrons. The molecule has 0 bridgehead atoms. The van der Waals surface area contributed by atoms with Crippen LogP contribution in [0.15, 0.2) is 47.1 Å². The van der Waals surface area contributed by atoms with E-state index in [4.69, 9.17) is 4.42 Å². The summed E-state index contributed by atoms with van der Waals surface area (Å²) in [6, 6.07) is 9.06. The van der Waals surface area contributed by atoms with Crippen LogP contribution in [0, 0.1) is 11.7 Å². The van der Waals surface area contributed by atoms with E-state index in [0.717, 1.165) is 18.4 Å². The second-order valence-corrected chi connectivity index (χ2v) is 6.44. The lowest BCUT2D eigenvalue weighted by Crippen LogP contribution is -2.46. The van der Waals surface area contributed by atoms with Gasteiger partial charge in [0.15, 0.2) is 5.76 Å². The van der Waals surface area contributed by atoms with Crippen molar-refractivity contribution in [2.24, 2.45) is 5.92 Å². The Kier molecular flexibility index (Phi) is 5.16. The topological polar surface area (TPSA) is 62.6 Å². The van der Waals surface area contributed by atoms with E-state index in [0.29, 0.717) is 19.0 Å². The third-order valence-corrected chi connectivity index (χ3v) is 4.50. The fourth-order valence-electron chi connectivity index (χ4n) is 3.16. The maximum Gasteiger partial charge on any atom is 0.287 e. The molecule has 3 rings (SSSR count). The summed E-state index contributed by atoms with van der Waals surface area (Å²) < 4.78 is 18.0. The van der Waals surface area contributed by atoms with E-state index in [9.17, 15) is 14.0 Å². The summed E-state index contributed by atoms with van der Waals surface area (Å²) in [6.45, 7) is 3.00. The molecule has 5 nitrogen and oxygen atoms in total. The largest absolute Gasteiger partial charge is 0.459 e. The van der Waals surface area contributed by atoms with Crippen LogP contribution in [0.4, 0.5) is 4.39 Å². The molecule has 2 atom stereocenters. The molecular formula is C19H21FN2O3. The lowest BCUT2D eigenvalue weighted by atomic mass is 9.99. The monoisotopic (exact) mass is 344 g/mol. The van der Waals surface area contributed by atoms with Crippen molar-refractivity contribution in [3.63, 3.8) is 0 Å². The smallest absolute Gasteiger partial charge is 0.287 e. The third kappa shape index (κ3) is 4.26. The van der Waals surface area contributed by atoms with Crippen molar-refractivity contribution in [1.29, 1.82) is 0 Å². The van der Waals surface area contributed by atoms with Gasteiger partial charge in [0.25, 0.3) is 5.91 Å². The number of nitrogens with zero attached hydrogens (tertiary/aromatic N) is 1. The summed E-state index contributed by atoms with van der Waals surface area (Å²) in [4.78, 5) is 26.3. The van der Waals surface area contributed by atoms with Crippen molar-refractivity contribution in [1.82, 2.24) is 10.2 Å². The lowest BCUT2D eigenvalue weighted by molar-refractivity contribution is -0.131. The van der Waals surface area contributed by atoms with Gasteiger partial charge in [0.05, 0.1) is 6.26 Å². The molecule has 25 heavy (non-hydrogen) atoms. The van der Waals surface area contributed by atoms with Gasteiger partial charge in [-0.05, 0) is 55.5 Å². The maximum absolute atomic E-state index is 13.0. The molecule has 1 saturated heterocycles. The lowest BCUT2D eigenvalue weighted by Gasteiger charge is -2.21. The van der Waals surface area contributed by atoms with Crippen LogP contribution in [0.1, 0.15) is 29.5 Å². The number of hydrogen-bond donors (Lipinski definition) is 1. The highest BCUT2D eigenvalue weighted by molar-refractivity contribution is 5.95. The number of rotatable bonds is 5. The van der Waals surface area contributed by atoms with Crippen molar-refractivity contribution in [3.8, 4) is 0 Å². The predicted octanol–water partition coefficient (Wildman–Crippen LogP) is 2.63. The molecule has 2 unspecified atom stereocenters. The summed E-state index contributed by atoms with van der Waals surface area (Å²) in [7, 11) is 0. The molecule has 2 aromatic rings. The highest BCUT2D eigenvalue weighted by Gasteiger charge is 2.30. The molecule has 1 aliphatic heterocycles. The number of likely N-dealkylation sites (tertiary alicyclic amines) is 1. The van der Waals surface area contributed by atoms with Gasteiger partial charge in [-0.25, -0.2) is 4.39 Å². The van der Waals surface area contributed by atoms with Gasteiger partial charge in [0, 0.05) is 13.1 Å². The van der Waals surface area contributed by atoms with Gasteiger partial charge in [-0.1, -0.05) is 12.1 Å². The fraction of sp³-hybridized carbons (Fsp3) is 0.368.